The SMILES string of the molecule is Cn1nc(C2CCN(C(=O)N3CCC4OCC(=O)NC4C3)CC2)c2ccc(Cl)cc21. The predicted octanol–water partition coefficient (Wildman–Crippen LogP) is 2.12. The molecule has 30 heavy (non-hydrogen) atoms. The highest BCUT2D eigenvalue weighted by Crippen LogP contribution is 2.33. The molecule has 160 valence electrons. The zero-order valence-corrected chi connectivity index (χ0v) is 17.8. The van der Waals surface area contributed by atoms with Gasteiger partial charge in [-0.25, -0.2) is 4.79 Å². The molecule has 2 atom stereocenters. The number of hydrogen-bond donors (Lipinski definition) is 1. The average Bonchev–Trinajstić information content (AvgIpc) is 3.08. The van der Waals surface area contributed by atoms with Crippen molar-refractivity contribution in [3.63, 3.8) is 0 Å². The lowest BCUT2D eigenvalue weighted by Crippen LogP contribution is -2.62. The number of amides is 3. The third kappa shape index (κ3) is 3.52. The number of nitrogens with one attached hydrogen (secondary N) is 1. The van der Waals surface area contributed by atoms with Gasteiger partial charge in [0.25, 0.3) is 0 Å². The fourth-order valence-corrected chi connectivity index (χ4v) is 5.14. The van der Waals surface area contributed by atoms with Crippen molar-refractivity contribution in [2.24, 2.45) is 7.05 Å². The number of aryl methyl sites for hydroxylation is 1. The molecular formula is C21H26ClN5O3. The number of ether oxygens (including phenoxy) is 1. The largest absolute Gasteiger partial charge is 0.366 e. The molecule has 3 saturated heterocycles. The van der Waals surface area contributed by atoms with Crippen LogP contribution in [0.25, 0.3) is 10.9 Å². The molecule has 2 unspecified atom stereocenters. The lowest BCUT2D eigenvalue weighted by Gasteiger charge is -2.43. The monoisotopic (exact) mass is 431 g/mol. The summed E-state index contributed by atoms with van der Waals surface area (Å²) in [6.45, 7) is 2.73. The first-order chi connectivity index (χ1) is 14.5. The second-order valence-corrected chi connectivity index (χ2v) is 8.91. The molecule has 0 aliphatic carbocycles. The first-order valence-electron chi connectivity index (χ1n) is 10.6. The molecule has 2 aromatic rings. The lowest BCUT2D eigenvalue weighted by molar-refractivity contribution is -0.139. The van der Waals surface area contributed by atoms with E-state index in [0.717, 1.165) is 35.9 Å². The van der Waals surface area contributed by atoms with Gasteiger partial charge >= 0.3 is 6.03 Å². The Balaban J connectivity index is 1.23. The molecule has 3 aliphatic heterocycles. The summed E-state index contributed by atoms with van der Waals surface area (Å²) in [6.07, 6.45) is 2.55. The highest BCUT2D eigenvalue weighted by Gasteiger charge is 2.38. The van der Waals surface area contributed by atoms with Crippen LogP contribution in [0.4, 0.5) is 4.79 Å². The van der Waals surface area contributed by atoms with Crippen LogP contribution in [0.3, 0.4) is 0 Å². The van der Waals surface area contributed by atoms with E-state index in [1.165, 1.54) is 0 Å². The van der Waals surface area contributed by atoms with Crippen molar-refractivity contribution in [2.75, 3.05) is 32.8 Å². The molecule has 3 fully saturated rings. The molecule has 1 aromatic heterocycles. The van der Waals surface area contributed by atoms with Crippen molar-refractivity contribution in [2.45, 2.75) is 37.3 Å². The zero-order chi connectivity index (χ0) is 20.8. The quantitative estimate of drug-likeness (QED) is 0.750. The number of carbonyl (C=O) groups excluding carboxylic acids is 2. The highest BCUT2D eigenvalue weighted by atomic mass is 35.5. The maximum atomic E-state index is 13.1. The molecule has 1 aromatic carbocycles. The molecule has 1 N–H and O–H groups in total. The van der Waals surface area contributed by atoms with Gasteiger partial charge in [0, 0.05) is 49.6 Å². The van der Waals surface area contributed by atoms with Crippen LogP contribution in [0.1, 0.15) is 30.9 Å². The Labute approximate surface area is 180 Å². The van der Waals surface area contributed by atoms with E-state index in [2.05, 4.69) is 5.32 Å². The van der Waals surface area contributed by atoms with E-state index in [0.29, 0.717) is 37.1 Å². The fraction of sp³-hybridized carbons (Fsp3) is 0.571. The Morgan fingerprint density at radius 2 is 1.97 bits per heavy atom. The summed E-state index contributed by atoms with van der Waals surface area (Å²) < 4.78 is 7.48. The number of nitrogens with zero attached hydrogens (tertiary/aromatic N) is 4. The van der Waals surface area contributed by atoms with E-state index < -0.39 is 0 Å². The first kappa shape index (κ1) is 19.6. The van der Waals surface area contributed by atoms with Crippen LogP contribution in [0, 0.1) is 0 Å². The van der Waals surface area contributed by atoms with Crippen LogP contribution in [-0.2, 0) is 16.6 Å². The summed E-state index contributed by atoms with van der Waals surface area (Å²) in [6, 6.07) is 5.86. The normalized spacial score (nSPS) is 25.3. The lowest BCUT2D eigenvalue weighted by atomic mass is 9.91. The van der Waals surface area contributed by atoms with Crippen LogP contribution in [0.2, 0.25) is 5.02 Å². The fourth-order valence-electron chi connectivity index (χ4n) is 4.98. The van der Waals surface area contributed by atoms with Crippen LogP contribution < -0.4 is 5.32 Å². The first-order valence-corrected chi connectivity index (χ1v) is 10.9. The Morgan fingerprint density at radius 3 is 2.77 bits per heavy atom. The van der Waals surface area contributed by atoms with E-state index in [-0.39, 0.29) is 30.7 Å². The minimum atomic E-state index is -0.104. The van der Waals surface area contributed by atoms with Crippen molar-refractivity contribution in [3.8, 4) is 0 Å². The minimum absolute atomic E-state index is 0.0171. The maximum Gasteiger partial charge on any atom is 0.320 e. The number of aromatic nitrogens is 2. The Morgan fingerprint density at radius 1 is 1.20 bits per heavy atom. The van der Waals surface area contributed by atoms with Crippen molar-refractivity contribution in [1.29, 1.82) is 0 Å². The van der Waals surface area contributed by atoms with Gasteiger partial charge in [-0.05, 0) is 37.5 Å². The molecule has 0 spiro atoms. The van der Waals surface area contributed by atoms with Crippen molar-refractivity contribution >= 4 is 34.4 Å². The molecule has 0 bridgehead atoms. The van der Waals surface area contributed by atoms with Gasteiger partial charge in [-0.15, -0.1) is 0 Å². The van der Waals surface area contributed by atoms with E-state index in [1.54, 1.807) is 0 Å². The number of rotatable bonds is 1. The molecular weight excluding hydrogens is 406 g/mol. The standard InChI is InChI=1S/C21H26ClN5O3/c1-25-17-10-14(22)2-3-15(17)20(24-25)13-4-7-26(8-5-13)21(29)27-9-6-18-16(11-27)23-19(28)12-30-18/h2-3,10,13,16,18H,4-9,11-12H2,1H3,(H,23,28). The molecule has 0 radical (unpaired) electrons. The van der Waals surface area contributed by atoms with Crippen molar-refractivity contribution < 1.29 is 14.3 Å². The molecule has 0 saturated carbocycles. The van der Waals surface area contributed by atoms with Crippen LogP contribution in [0.15, 0.2) is 18.2 Å². The summed E-state index contributed by atoms with van der Waals surface area (Å²) in [5, 5.41) is 9.57. The number of fused-ring (bicyclic) bond motifs is 2. The number of morpholine rings is 1. The van der Waals surface area contributed by atoms with Crippen LogP contribution in [0.5, 0.6) is 0 Å². The second-order valence-electron chi connectivity index (χ2n) is 8.47. The van der Waals surface area contributed by atoms with Gasteiger partial charge in [0.15, 0.2) is 0 Å². The van der Waals surface area contributed by atoms with Gasteiger partial charge in [-0.3, -0.25) is 9.48 Å². The number of piperidine rings is 2. The van der Waals surface area contributed by atoms with Crippen LogP contribution >= 0.6 is 11.6 Å². The number of hydrogen-bond acceptors (Lipinski definition) is 4. The van der Waals surface area contributed by atoms with Gasteiger partial charge < -0.3 is 19.9 Å². The Hall–Kier alpha value is -2.32. The number of carbonyl (C=O) groups is 2. The van der Waals surface area contributed by atoms with Gasteiger partial charge in [0.2, 0.25) is 5.91 Å². The summed E-state index contributed by atoms with van der Waals surface area (Å²) in [5.41, 5.74) is 2.13. The predicted molar refractivity (Wildman–Crippen MR) is 113 cm³/mol. The van der Waals surface area contributed by atoms with E-state index in [9.17, 15) is 9.59 Å². The number of urea groups is 1. The van der Waals surface area contributed by atoms with Gasteiger partial charge in [0.05, 0.1) is 23.4 Å². The molecule has 8 nitrogen and oxygen atoms in total. The molecule has 9 heteroatoms. The topological polar surface area (TPSA) is 79.7 Å². The molecule has 3 amide bonds. The number of benzene rings is 1. The Kier molecular flexibility index (Phi) is 5.06. The van der Waals surface area contributed by atoms with E-state index in [1.807, 2.05) is 39.7 Å². The summed E-state index contributed by atoms with van der Waals surface area (Å²) in [5.74, 6) is 0.228. The summed E-state index contributed by atoms with van der Waals surface area (Å²) >= 11 is 6.14. The van der Waals surface area contributed by atoms with Crippen molar-refractivity contribution in [1.82, 2.24) is 24.9 Å². The smallest absolute Gasteiger partial charge is 0.320 e. The van der Waals surface area contributed by atoms with Crippen molar-refractivity contribution in [3.05, 3.63) is 28.9 Å². The third-order valence-electron chi connectivity index (χ3n) is 6.59. The van der Waals surface area contributed by atoms with E-state index in [4.69, 9.17) is 21.4 Å². The third-order valence-corrected chi connectivity index (χ3v) is 6.82. The van der Waals surface area contributed by atoms with Gasteiger partial charge in [0.1, 0.15) is 6.61 Å². The zero-order valence-electron chi connectivity index (χ0n) is 17.0. The summed E-state index contributed by atoms with van der Waals surface area (Å²) in [7, 11) is 1.94. The minimum Gasteiger partial charge on any atom is -0.366 e. The maximum absolute atomic E-state index is 13.1. The Bertz CT molecular complexity index is 984. The highest BCUT2D eigenvalue weighted by molar-refractivity contribution is 6.31. The van der Waals surface area contributed by atoms with E-state index >= 15 is 0 Å². The van der Waals surface area contributed by atoms with Gasteiger partial charge in [-0.1, -0.05) is 11.6 Å². The molecule has 3 aliphatic rings. The van der Waals surface area contributed by atoms with Crippen LogP contribution in [-0.4, -0.2) is 76.5 Å². The number of likely N-dealkylation sites (tertiary alicyclic amines) is 2. The van der Waals surface area contributed by atoms with Gasteiger partial charge in [-0.2, -0.15) is 5.10 Å². The second kappa shape index (κ2) is 7.74. The average molecular weight is 432 g/mol. The molecule has 5 rings (SSSR count). The summed E-state index contributed by atoms with van der Waals surface area (Å²) in [4.78, 5) is 28.5. The number of halogens is 1. The molecule has 4 heterocycles.